The first kappa shape index (κ1) is 20.5. The fraction of sp³-hybridized carbons (Fsp3) is 0.450. The summed E-state index contributed by atoms with van der Waals surface area (Å²) < 4.78 is 15.8. The van der Waals surface area contributed by atoms with Crippen molar-refractivity contribution in [2.75, 3.05) is 49.9 Å². The Morgan fingerprint density at radius 1 is 1.31 bits per heavy atom. The van der Waals surface area contributed by atoms with Gasteiger partial charge in [0.15, 0.2) is 11.6 Å². The first-order chi connectivity index (χ1) is 14.1. The van der Waals surface area contributed by atoms with E-state index in [-0.39, 0.29) is 11.9 Å². The molecule has 29 heavy (non-hydrogen) atoms. The second kappa shape index (κ2) is 9.31. The third-order valence-electron chi connectivity index (χ3n) is 4.87. The molecule has 0 spiro atoms. The minimum Gasteiger partial charge on any atom is -0.497 e. The van der Waals surface area contributed by atoms with E-state index in [0.717, 1.165) is 19.4 Å². The summed E-state index contributed by atoms with van der Waals surface area (Å²) in [5, 5.41) is 3.20. The van der Waals surface area contributed by atoms with Gasteiger partial charge in [-0.05, 0) is 31.9 Å². The lowest BCUT2D eigenvalue weighted by atomic mass is 9.98. The van der Waals surface area contributed by atoms with Crippen molar-refractivity contribution in [3.63, 3.8) is 0 Å². The number of benzene rings is 1. The zero-order valence-corrected chi connectivity index (χ0v) is 17.0. The molecule has 2 aromatic rings. The highest BCUT2D eigenvalue weighted by Gasteiger charge is 2.29. The maximum atomic E-state index is 12.1. The van der Waals surface area contributed by atoms with E-state index in [2.05, 4.69) is 15.3 Å². The number of piperidine rings is 1. The lowest BCUT2D eigenvalue weighted by molar-refractivity contribution is -0.148. The number of esters is 1. The molecule has 0 saturated carbocycles. The van der Waals surface area contributed by atoms with Gasteiger partial charge in [-0.2, -0.15) is 0 Å². The first-order valence-corrected chi connectivity index (χ1v) is 9.58. The van der Waals surface area contributed by atoms with Crippen LogP contribution in [0.4, 0.5) is 23.0 Å². The van der Waals surface area contributed by atoms with Gasteiger partial charge in [0.2, 0.25) is 0 Å². The molecule has 3 N–H and O–H groups in total. The maximum Gasteiger partial charge on any atom is 0.310 e. The van der Waals surface area contributed by atoms with Crippen LogP contribution in [-0.2, 0) is 9.53 Å². The smallest absolute Gasteiger partial charge is 0.310 e. The van der Waals surface area contributed by atoms with E-state index in [4.69, 9.17) is 19.9 Å². The highest BCUT2D eigenvalue weighted by molar-refractivity contribution is 5.81. The van der Waals surface area contributed by atoms with Gasteiger partial charge in [-0.3, -0.25) is 4.79 Å². The van der Waals surface area contributed by atoms with E-state index < -0.39 is 0 Å². The lowest BCUT2D eigenvalue weighted by Gasteiger charge is -2.33. The topological polar surface area (TPSA) is 112 Å². The maximum absolute atomic E-state index is 12.1. The summed E-state index contributed by atoms with van der Waals surface area (Å²) in [6.45, 7) is 3.47. The normalized spacial score (nSPS) is 16.2. The predicted molar refractivity (Wildman–Crippen MR) is 111 cm³/mol. The summed E-state index contributed by atoms with van der Waals surface area (Å²) in [4.78, 5) is 22.8. The van der Waals surface area contributed by atoms with Crippen molar-refractivity contribution in [1.29, 1.82) is 0 Å². The van der Waals surface area contributed by atoms with E-state index >= 15 is 0 Å². The van der Waals surface area contributed by atoms with Crippen LogP contribution in [0.1, 0.15) is 19.8 Å². The van der Waals surface area contributed by atoms with Gasteiger partial charge in [-0.15, -0.1) is 0 Å². The Bertz CT molecular complexity index is 861. The van der Waals surface area contributed by atoms with Gasteiger partial charge in [-0.25, -0.2) is 9.97 Å². The van der Waals surface area contributed by atoms with E-state index in [0.29, 0.717) is 47.7 Å². The molecular weight excluding hydrogens is 374 g/mol. The Labute approximate surface area is 170 Å². The molecule has 1 unspecified atom stereocenters. The molecule has 0 radical (unpaired) electrons. The molecule has 2 heterocycles. The van der Waals surface area contributed by atoms with Crippen molar-refractivity contribution in [1.82, 2.24) is 9.97 Å². The Kier molecular flexibility index (Phi) is 6.58. The van der Waals surface area contributed by atoms with Crippen LogP contribution in [-0.4, -0.2) is 49.9 Å². The number of nitrogens with zero attached hydrogens (tertiary/aromatic N) is 3. The Morgan fingerprint density at radius 2 is 2.14 bits per heavy atom. The number of carbonyl (C=O) groups is 1. The molecule has 1 fully saturated rings. The third kappa shape index (κ3) is 4.61. The third-order valence-corrected chi connectivity index (χ3v) is 4.87. The molecule has 1 saturated heterocycles. The SMILES string of the molecule is CCOC(=O)C1CCCN(c2ncnc(Nc3ccc(OC)cc3OC)c2N)C1. The van der Waals surface area contributed by atoms with Crippen LogP contribution in [0.3, 0.4) is 0 Å². The summed E-state index contributed by atoms with van der Waals surface area (Å²) in [5.74, 6) is 1.99. The number of nitrogens with one attached hydrogen (secondary N) is 1. The minimum atomic E-state index is -0.184. The Hall–Kier alpha value is -3.23. The van der Waals surface area contributed by atoms with E-state index in [1.54, 1.807) is 20.3 Å². The molecule has 1 atom stereocenters. The van der Waals surface area contributed by atoms with E-state index in [1.807, 2.05) is 24.0 Å². The monoisotopic (exact) mass is 401 g/mol. The summed E-state index contributed by atoms with van der Waals surface area (Å²) in [7, 11) is 3.18. The van der Waals surface area contributed by atoms with Gasteiger partial charge in [0.05, 0.1) is 32.4 Å². The van der Waals surface area contributed by atoms with Gasteiger partial charge >= 0.3 is 5.97 Å². The molecule has 1 aliphatic heterocycles. The molecule has 1 aromatic heterocycles. The Balaban J connectivity index is 1.82. The standard InChI is InChI=1S/C20H27N5O4/c1-4-29-20(26)13-6-5-9-25(11-13)19-17(21)18(22-12-23-19)24-15-8-7-14(27-2)10-16(15)28-3/h7-8,10,12-13H,4-6,9,11,21H2,1-3H3,(H,22,23,24). The van der Waals surface area contributed by atoms with Gasteiger partial charge in [-0.1, -0.05) is 0 Å². The van der Waals surface area contributed by atoms with Gasteiger partial charge < -0.3 is 30.2 Å². The minimum absolute atomic E-state index is 0.175. The molecule has 1 aromatic carbocycles. The molecule has 3 rings (SSSR count). The fourth-order valence-electron chi connectivity index (χ4n) is 3.39. The quantitative estimate of drug-likeness (QED) is 0.676. The number of nitrogens with two attached hydrogens (primary N) is 1. The molecule has 156 valence electrons. The number of methoxy groups -OCH3 is 2. The second-order valence-corrected chi connectivity index (χ2v) is 6.69. The van der Waals surface area contributed by atoms with Crippen LogP contribution in [0.5, 0.6) is 11.5 Å². The number of nitrogen functional groups attached to an aromatic ring is 1. The molecular formula is C20H27N5O4. The van der Waals surface area contributed by atoms with Crippen molar-refractivity contribution in [3.05, 3.63) is 24.5 Å². The average Bonchev–Trinajstić information content (AvgIpc) is 2.75. The highest BCUT2D eigenvalue weighted by atomic mass is 16.5. The average molecular weight is 401 g/mol. The fourth-order valence-corrected chi connectivity index (χ4v) is 3.39. The van der Waals surface area contributed by atoms with Gasteiger partial charge in [0.25, 0.3) is 0 Å². The summed E-state index contributed by atoms with van der Waals surface area (Å²) in [6.07, 6.45) is 3.12. The van der Waals surface area contributed by atoms with Crippen LogP contribution in [0.25, 0.3) is 0 Å². The van der Waals surface area contributed by atoms with Crippen molar-refractivity contribution >= 4 is 29.0 Å². The molecule has 9 nitrogen and oxygen atoms in total. The van der Waals surface area contributed by atoms with Gasteiger partial charge in [0.1, 0.15) is 23.5 Å². The number of anilines is 4. The molecule has 0 aliphatic carbocycles. The highest BCUT2D eigenvalue weighted by Crippen LogP contribution is 2.35. The first-order valence-electron chi connectivity index (χ1n) is 9.58. The Morgan fingerprint density at radius 3 is 2.86 bits per heavy atom. The van der Waals surface area contributed by atoms with Crippen LogP contribution < -0.4 is 25.4 Å². The predicted octanol–water partition coefficient (Wildman–Crippen LogP) is 2.60. The summed E-state index contributed by atoms with van der Waals surface area (Å²) in [6, 6.07) is 5.42. The number of hydrogen-bond donors (Lipinski definition) is 2. The van der Waals surface area contributed by atoms with Crippen molar-refractivity contribution in [2.45, 2.75) is 19.8 Å². The zero-order chi connectivity index (χ0) is 20.8. The zero-order valence-electron chi connectivity index (χ0n) is 17.0. The van der Waals surface area contributed by atoms with Crippen LogP contribution in [0, 0.1) is 5.92 Å². The largest absolute Gasteiger partial charge is 0.497 e. The number of rotatable bonds is 7. The lowest BCUT2D eigenvalue weighted by Crippen LogP contribution is -2.40. The number of aromatic nitrogens is 2. The van der Waals surface area contributed by atoms with Gasteiger partial charge in [0, 0.05) is 19.2 Å². The van der Waals surface area contributed by atoms with E-state index in [9.17, 15) is 4.79 Å². The molecule has 0 amide bonds. The van der Waals surface area contributed by atoms with Crippen molar-refractivity contribution < 1.29 is 19.0 Å². The summed E-state index contributed by atoms with van der Waals surface area (Å²) >= 11 is 0. The summed E-state index contributed by atoms with van der Waals surface area (Å²) in [5.41, 5.74) is 7.49. The van der Waals surface area contributed by atoms with Crippen molar-refractivity contribution in [3.8, 4) is 11.5 Å². The number of carbonyl (C=O) groups excluding carboxylic acids is 1. The van der Waals surface area contributed by atoms with Crippen LogP contribution in [0.2, 0.25) is 0 Å². The molecule has 1 aliphatic rings. The van der Waals surface area contributed by atoms with Crippen molar-refractivity contribution in [2.24, 2.45) is 5.92 Å². The van der Waals surface area contributed by atoms with Crippen LogP contribution in [0.15, 0.2) is 24.5 Å². The number of hydrogen-bond acceptors (Lipinski definition) is 9. The molecule has 0 bridgehead atoms. The second-order valence-electron chi connectivity index (χ2n) is 6.69. The van der Waals surface area contributed by atoms with Crippen LogP contribution >= 0.6 is 0 Å². The van der Waals surface area contributed by atoms with E-state index in [1.165, 1.54) is 6.33 Å². The molecule has 9 heteroatoms. The number of ether oxygens (including phenoxy) is 3.